The number of nitrogens with zero attached hydrogens (tertiary/aromatic N) is 1. The molecule has 1 aliphatic carbocycles. The van der Waals surface area contributed by atoms with Crippen molar-refractivity contribution in [2.24, 2.45) is 0 Å². The average molecular weight is 366 g/mol. The van der Waals surface area contributed by atoms with Gasteiger partial charge in [-0.15, -0.1) is 0 Å². The first-order chi connectivity index (χ1) is 13.0. The number of carbonyl (C=O) groups excluding carboxylic acids is 1. The molecule has 27 heavy (non-hydrogen) atoms. The van der Waals surface area contributed by atoms with E-state index in [2.05, 4.69) is 10.3 Å². The van der Waals surface area contributed by atoms with Gasteiger partial charge in [0, 0.05) is 17.0 Å². The van der Waals surface area contributed by atoms with Crippen LogP contribution >= 0.6 is 0 Å². The molecule has 1 fully saturated rings. The lowest BCUT2D eigenvalue weighted by atomic mass is 10.0. The van der Waals surface area contributed by atoms with Gasteiger partial charge in [0.15, 0.2) is 0 Å². The van der Waals surface area contributed by atoms with Crippen LogP contribution in [0.1, 0.15) is 51.1 Å². The van der Waals surface area contributed by atoms with Crippen LogP contribution in [0.15, 0.2) is 40.8 Å². The first kappa shape index (κ1) is 17.1. The van der Waals surface area contributed by atoms with Crippen molar-refractivity contribution in [1.82, 2.24) is 10.3 Å². The van der Waals surface area contributed by atoms with Crippen molar-refractivity contribution in [1.29, 1.82) is 0 Å². The van der Waals surface area contributed by atoms with E-state index in [1.54, 1.807) is 13.2 Å². The quantitative estimate of drug-likeness (QED) is 0.694. The number of pyridine rings is 1. The maximum absolute atomic E-state index is 12.8. The Labute approximate surface area is 155 Å². The molecule has 0 aliphatic heterocycles. The maximum Gasteiger partial charge on any atom is 0.371 e. The van der Waals surface area contributed by atoms with Gasteiger partial charge < -0.3 is 19.6 Å². The monoisotopic (exact) mass is 366 g/mol. The Balaban J connectivity index is 1.63. The number of methoxy groups -OCH3 is 1. The minimum absolute atomic E-state index is 0.0959. The van der Waals surface area contributed by atoms with Gasteiger partial charge in [-0.1, -0.05) is 0 Å². The van der Waals surface area contributed by atoms with Gasteiger partial charge in [-0.25, -0.2) is 4.79 Å². The number of ether oxygens (including phenoxy) is 1. The fourth-order valence-corrected chi connectivity index (χ4v) is 2.98. The van der Waals surface area contributed by atoms with Crippen LogP contribution in [0.4, 0.5) is 0 Å². The molecule has 0 spiro atoms. The second-order valence-electron chi connectivity index (χ2n) is 6.51. The van der Waals surface area contributed by atoms with Crippen LogP contribution in [-0.4, -0.2) is 29.1 Å². The molecule has 7 nitrogen and oxygen atoms in total. The molecule has 2 heterocycles. The summed E-state index contributed by atoms with van der Waals surface area (Å²) in [6.45, 7) is 0.0959. The van der Waals surface area contributed by atoms with Crippen LogP contribution in [0.3, 0.4) is 0 Å². The standard InChI is InChI=1S/C20H18N2O5/c1-26-12-4-6-16-14(8-12)15(9-17(22-16)11-2-3-11)19(23)21-10-13-5-7-18(27-13)20(24)25/h4-9,11H,2-3,10H2,1H3,(H,21,23)(H,24,25). The summed E-state index contributed by atoms with van der Waals surface area (Å²) in [4.78, 5) is 28.4. The molecule has 3 aromatic rings. The van der Waals surface area contributed by atoms with Gasteiger partial charge in [0.05, 0.1) is 24.7 Å². The fraction of sp³-hybridized carbons (Fsp3) is 0.250. The van der Waals surface area contributed by atoms with Crippen LogP contribution < -0.4 is 10.1 Å². The number of furan rings is 1. The first-order valence-corrected chi connectivity index (χ1v) is 8.64. The normalized spacial score (nSPS) is 13.5. The molecular weight excluding hydrogens is 348 g/mol. The van der Waals surface area contributed by atoms with E-state index >= 15 is 0 Å². The van der Waals surface area contributed by atoms with Gasteiger partial charge in [-0.3, -0.25) is 9.78 Å². The van der Waals surface area contributed by atoms with Crippen molar-refractivity contribution in [2.45, 2.75) is 25.3 Å². The number of carbonyl (C=O) groups is 2. The Hall–Kier alpha value is -3.35. The Bertz CT molecular complexity index is 1040. The highest BCUT2D eigenvalue weighted by Gasteiger charge is 2.27. The molecule has 1 saturated carbocycles. The highest BCUT2D eigenvalue weighted by atomic mass is 16.5. The fourth-order valence-electron chi connectivity index (χ4n) is 2.98. The van der Waals surface area contributed by atoms with Gasteiger partial charge >= 0.3 is 5.97 Å². The van der Waals surface area contributed by atoms with Crippen molar-refractivity contribution < 1.29 is 23.8 Å². The number of aromatic carboxylic acids is 1. The van der Waals surface area contributed by atoms with Crippen LogP contribution in [0.2, 0.25) is 0 Å². The van der Waals surface area contributed by atoms with Crippen molar-refractivity contribution >= 4 is 22.8 Å². The lowest BCUT2D eigenvalue weighted by Crippen LogP contribution is -2.23. The Morgan fingerprint density at radius 1 is 1.26 bits per heavy atom. The van der Waals surface area contributed by atoms with Crippen LogP contribution in [0.25, 0.3) is 10.9 Å². The largest absolute Gasteiger partial charge is 0.497 e. The molecule has 138 valence electrons. The summed E-state index contributed by atoms with van der Waals surface area (Å²) in [7, 11) is 1.57. The summed E-state index contributed by atoms with van der Waals surface area (Å²) in [5.41, 5.74) is 2.19. The number of carboxylic acids is 1. The van der Waals surface area contributed by atoms with E-state index in [1.165, 1.54) is 12.1 Å². The van der Waals surface area contributed by atoms with E-state index in [0.29, 0.717) is 28.4 Å². The maximum atomic E-state index is 12.8. The topological polar surface area (TPSA) is 102 Å². The van der Waals surface area contributed by atoms with Crippen LogP contribution in [0.5, 0.6) is 5.75 Å². The van der Waals surface area contributed by atoms with Crippen LogP contribution in [-0.2, 0) is 6.54 Å². The zero-order valence-electron chi connectivity index (χ0n) is 14.7. The lowest BCUT2D eigenvalue weighted by molar-refractivity contribution is 0.0660. The van der Waals surface area contributed by atoms with Gasteiger partial charge in [0.2, 0.25) is 5.76 Å². The zero-order valence-corrected chi connectivity index (χ0v) is 14.7. The molecular formula is C20H18N2O5. The van der Waals surface area contributed by atoms with Crippen molar-refractivity contribution in [3.05, 3.63) is 59.2 Å². The zero-order chi connectivity index (χ0) is 19.0. The molecule has 1 aliphatic rings. The Morgan fingerprint density at radius 2 is 2.07 bits per heavy atom. The molecule has 2 aromatic heterocycles. The molecule has 0 atom stereocenters. The summed E-state index contributed by atoms with van der Waals surface area (Å²) in [6, 6.07) is 10.2. The molecule has 2 N–H and O–H groups in total. The third-order valence-electron chi connectivity index (χ3n) is 4.57. The predicted molar refractivity (Wildman–Crippen MR) is 97.1 cm³/mol. The predicted octanol–water partition coefficient (Wildman–Crippen LogP) is 3.34. The number of amides is 1. The Kier molecular flexibility index (Phi) is 4.27. The van der Waals surface area contributed by atoms with E-state index in [1.807, 2.05) is 18.2 Å². The summed E-state index contributed by atoms with van der Waals surface area (Å²) >= 11 is 0. The molecule has 7 heteroatoms. The summed E-state index contributed by atoms with van der Waals surface area (Å²) in [5.74, 6) is -0.144. The number of hydrogen-bond acceptors (Lipinski definition) is 5. The third-order valence-corrected chi connectivity index (χ3v) is 4.57. The van der Waals surface area contributed by atoms with E-state index in [9.17, 15) is 9.59 Å². The number of rotatable bonds is 6. The van der Waals surface area contributed by atoms with Crippen molar-refractivity contribution in [3.63, 3.8) is 0 Å². The van der Waals surface area contributed by atoms with E-state index in [4.69, 9.17) is 14.3 Å². The molecule has 0 radical (unpaired) electrons. The van der Waals surface area contributed by atoms with Gasteiger partial charge in [0.1, 0.15) is 11.5 Å². The molecule has 1 amide bonds. The second kappa shape index (κ2) is 6.75. The summed E-state index contributed by atoms with van der Waals surface area (Å²) in [6.07, 6.45) is 2.17. The SMILES string of the molecule is COc1ccc2nc(C3CC3)cc(C(=O)NCc3ccc(C(=O)O)o3)c2c1. The second-order valence-corrected chi connectivity index (χ2v) is 6.51. The Morgan fingerprint density at radius 3 is 2.74 bits per heavy atom. The molecule has 0 unspecified atom stereocenters. The van der Waals surface area contributed by atoms with Crippen molar-refractivity contribution in [2.75, 3.05) is 7.11 Å². The highest BCUT2D eigenvalue weighted by Crippen LogP contribution is 2.40. The first-order valence-electron chi connectivity index (χ1n) is 8.64. The van der Waals surface area contributed by atoms with E-state index in [0.717, 1.165) is 24.1 Å². The smallest absolute Gasteiger partial charge is 0.371 e. The minimum Gasteiger partial charge on any atom is -0.497 e. The number of aromatic nitrogens is 1. The van der Waals surface area contributed by atoms with Gasteiger partial charge in [-0.05, 0) is 49.2 Å². The lowest BCUT2D eigenvalue weighted by Gasteiger charge is -2.11. The summed E-state index contributed by atoms with van der Waals surface area (Å²) < 4.78 is 10.5. The molecule has 0 saturated heterocycles. The minimum atomic E-state index is -1.14. The number of nitrogens with one attached hydrogen (secondary N) is 1. The number of hydrogen-bond donors (Lipinski definition) is 2. The van der Waals surface area contributed by atoms with E-state index < -0.39 is 5.97 Å². The number of benzene rings is 1. The van der Waals surface area contributed by atoms with Crippen molar-refractivity contribution in [3.8, 4) is 5.75 Å². The van der Waals surface area contributed by atoms with Crippen LogP contribution in [0, 0.1) is 0 Å². The molecule has 0 bridgehead atoms. The van der Waals surface area contributed by atoms with Gasteiger partial charge in [0.25, 0.3) is 5.91 Å². The van der Waals surface area contributed by atoms with E-state index in [-0.39, 0.29) is 18.2 Å². The average Bonchev–Trinajstić information content (AvgIpc) is 3.42. The molecule has 1 aromatic carbocycles. The third kappa shape index (κ3) is 3.48. The summed E-state index contributed by atoms with van der Waals surface area (Å²) in [5, 5.41) is 12.4. The highest BCUT2D eigenvalue weighted by molar-refractivity contribution is 6.06. The molecule has 4 rings (SSSR count). The number of carboxylic acid groups (broad SMARTS) is 1. The van der Waals surface area contributed by atoms with Gasteiger partial charge in [-0.2, -0.15) is 0 Å². The number of fused-ring (bicyclic) bond motifs is 1.